The summed E-state index contributed by atoms with van der Waals surface area (Å²) in [4.78, 5) is 13.7. The molecule has 1 heterocycles. The van der Waals surface area contributed by atoms with Gasteiger partial charge in [-0.1, -0.05) is 13.0 Å². The van der Waals surface area contributed by atoms with E-state index >= 15 is 0 Å². The van der Waals surface area contributed by atoms with Gasteiger partial charge in [0, 0.05) is 19.1 Å². The van der Waals surface area contributed by atoms with Gasteiger partial charge in [-0.15, -0.1) is 0 Å². The Morgan fingerprint density at radius 2 is 2.15 bits per heavy atom. The molecule has 0 amide bonds. The first-order chi connectivity index (χ1) is 9.51. The Hall–Kier alpha value is -1.42. The topological polar surface area (TPSA) is 29.5 Å². The third-order valence-corrected chi connectivity index (χ3v) is 4.07. The zero-order valence-corrected chi connectivity index (χ0v) is 12.4. The molecule has 1 fully saturated rings. The van der Waals surface area contributed by atoms with E-state index in [4.69, 9.17) is 0 Å². The van der Waals surface area contributed by atoms with Crippen LogP contribution in [0.1, 0.15) is 42.6 Å². The Kier molecular flexibility index (Phi) is 4.76. The van der Waals surface area contributed by atoms with Crippen LogP contribution in [0.5, 0.6) is 0 Å². The summed E-state index contributed by atoms with van der Waals surface area (Å²) in [5.41, 5.74) is 0.896. The maximum absolute atomic E-state index is 13.9. The van der Waals surface area contributed by atoms with Crippen molar-refractivity contribution in [2.45, 2.75) is 39.3 Å². The van der Waals surface area contributed by atoms with Gasteiger partial charge in [-0.2, -0.15) is 0 Å². The number of likely N-dealkylation sites (tertiary alicyclic amines) is 1. The molecule has 1 aromatic rings. The molecule has 3 nitrogen and oxygen atoms in total. The van der Waals surface area contributed by atoms with Crippen LogP contribution < -0.4 is 0 Å². The molecule has 4 heteroatoms. The van der Waals surface area contributed by atoms with E-state index in [1.807, 2.05) is 0 Å². The van der Waals surface area contributed by atoms with Crippen molar-refractivity contribution in [1.82, 2.24) is 4.90 Å². The number of piperidine rings is 1. The van der Waals surface area contributed by atoms with Crippen molar-refractivity contribution < 1.29 is 13.9 Å². The number of carbonyl (C=O) groups is 1. The van der Waals surface area contributed by atoms with Crippen LogP contribution in [0.3, 0.4) is 0 Å². The maximum Gasteiger partial charge on any atom is 0.340 e. The molecule has 1 aliphatic rings. The van der Waals surface area contributed by atoms with Crippen LogP contribution in [0.2, 0.25) is 0 Å². The van der Waals surface area contributed by atoms with Crippen molar-refractivity contribution >= 4 is 5.97 Å². The van der Waals surface area contributed by atoms with E-state index in [0.717, 1.165) is 18.7 Å². The molecular weight excluding hydrogens is 257 g/mol. The number of carbonyl (C=O) groups excluding carboxylic acids is 1. The van der Waals surface area contributed by atoms with Crippen LogP contribution in [-0.2, 0) is 11.3 Å². The first kappa shape index (κ1) is 15.0. The monoisotopic (exact) mass is 279 g/mol. The molecule has 2 atom stereocenters. The van der Waals surface area contributed by atoms with Crippen molar-refractivity contribution in [3.63, 3.8) is 0 Å². The zero-order valence-electron chi connectivity index (χ0n) is 12.4. The summed E-state index contributed by atoms with van der Waals surface area (Å²) >= 11 is 0. The number of rotatable bonds is 3. The lowest BCUT2D eigenvalue weighted by atomic mass is 9.94. The third kappa shape index (κ3) is 3.37. The van der Waals surface area contributed by atoms with Crippen molar-refractivity contribution in [3.05, 3.63) is 35.1 Å². The second-order valence-electron chi connectivity index (χ2n) is 5.77. The number of nitrogens with zero attached hydrogens (tertiary/aromatic N) is 1. The third-order valence-electron chi connectivity index (χ3n) is 4.07. The van der Waals surface area contributed by atoms with Crippen molar-refractivity contribution in [1.29, 1.82) is 0 Å². The highest BCUT2D eigenvalue weighted by Gasteiger charge is 2.23. The van der Waals surface area contributed by atoms with Gasteiger partial charge in [0.05, 0.1) is 12.7 Å². The van der Waals surface area contributed by atoms with Gasteiger partial charge in [0.2, 0.25) is 0 Å². The van der Waals surface area contributed by atoms with E-state index in [9.17, 15) is 9.18 Å². The van der Waals surface area contributed by atoms with Gasteiger partial charge in [-0.3, -0.25) is 4.90 Å². The molecule has 2 rings (SSSR count). The van der Waals surface area contributed by atoms with Gasteiger partial charge in [0.25, 0.3) is 0 Å². The largest absolute Gasteiger partial charge is 0.465 e. The maximum atomic E-state index is 13.9. The highest BCUT2D eigenvalue weighted by molar-refractivity contribution is 5.89. The molecule has 110 valence electrons. The number of ether oxygens (including phenoxy) is 1. The molecule has 0 spiro atoms. The molecule has 0 N–H and O–H groups in total. The molecular formula is C16H22FNO2. The van der Waals surface area contributed by atoms with Crippen molar-refractivity contribution in [2.75, 3.05) is 13.7 Å². The van der Waals surface area contributed by atoms with Crippen LogP contribution in [-0.4, -0.2) is 30.6 Å². The molecule has 0 aliphatic carbocycles. The average molecular weight is 279 g/mol. The first-order valence-corrected chi connectivity index (χ1v) is 7.12. The fraction of sp³-hybridized carbons (Fsp3) is 0.562. The number of hydrogen-bond acceptors (Lipinski definition) is 3. The fourth-order valence-electron chi connectivity index (χ4n) is 2.77. The van der Waals surface area contributed by atoms with Gasteiger partial charge in [0.15, 0.2) is 0 Å². The molecule has 0 saturated carbocycles. The van der Waals surface area contributed by atoms with Crippen LogP contribution in [0.25, 0.3) is 0 Å². The molecule has 0 radical (unpaired) electrons. The highest BCUT2D eigenvalue weighted by atomic mass is 19.1. The Labute approximate surface area is 119 Å². The van der Waals surface area contributed by atoms with E-state index in [1.165, 1.54) is 32.1 Å². The first-order valence-electron chi connectivity index (χ1n) is 7.12. The van der Waals surface area contributed by atoms with Crippen LogP contribution in [0.15, 0.2) is 18.2 Å². The number of methoxy groups -OCH3 is 1. The van der Waals surface area contributed by atoms with Crippen molar-refractivity contribution in [3.8, 4) is 0 Å². The average Bonchev–Trinajstić information content (AvgIpc) is 2.42. The number of hydrogen-bond donors (Lipinski definition) is 0. The van der Waals surface area contributed by atoms with E-state index in [0.29, 0.717) is 12.0 Å². The molecule has 20 heavy (non-hydrogen) atoms. The summed E-state index contributed by atoms with van der Waals surface area (Å²) < 4.78 is 18.4. The van der Waals surface area contributed by atoms with E-state index < -0.39 is 11.8 Å². The fourth-order valence-corrected chi connectivity index (χ4v) is 2.77. The number of esters is 1. The molecule has 0 aromatic heterocycles. The molecule has 0 bridgehead atoms. The zero-order chi connectivity index (χ0) is 14.7. The van der Waals surface area contributed by atoms with Crippen LogP contribution in [0.4, 0.5) is 4.39 Å². The summed E-state index contributed by atoms with van der Waals surface area (Å²) in [6.45, 7) is 6.23. The second-order valence-corrected chi connectivity index (χ2v) is 5.77. The predicted molar refractivity (Wildman–Crippen MR) is 76.0 cm³/mol. The summed E-state index contributed by atoms with van der Waals surface area (Å²) in [7, 11) is 1.26. The Morgan fingerprint density at radius 1 is 1.40 bits per heavy atom. The molecule has 1 aromatic carbocycles. The second kappa shape index (κ2) is 6.35. The minimum absolute atomic E-state index is 0.00342. The smallest absolute Gasteiger partial charge is 0.340 e. The lowest BCUT2D eigenvalue weighted by Gasteiger charge is -2.36. The minimum Gasteiger partial charge on any atom is -0.465 e. The number of benzene rings is 1. The van der Waals surface area contributed by atoms with Gasteiger partial charge in [-0.05, 0) is 43.4 Å². The van der Waals surface area contributed by atoms with Gasteiger partial charge >= 0.3 is 5.97 Å². The van der Waals surface area contributed by atoms with Gasteiger partial charge in [-0.25, -0.2) is 9.18 Å². The quantitative estimate of drug-likeness (QED) is 0.796. The molecule has 2 unspecified atom stereocenters. The highest BCUT2D eigenvalue weighted by Crippen LogP contribution is 2.23. The Bertz CT molecular complexity index is 489. The summed E-state index contributed by atoms with van der Waals surface area (Å²) in [6.07, 6.45) is 2.44. The minimum atomic E-state index is -0.631. The SMILES string of the molecule is COC(=O)c1ccc(CN2CC(C)CCC2C)cc1F. The summed E-state index contributed by atoms with van der Waals surface area (Å²) in [5, 5.41) is 0. The molecule has 1 aliphatic heterocycles. The standard InChI is InChI=1S/C16H22FNO2/c1-11-4-5-12(2)18(9-11)10-13-6-7-14(15(17)8-13)16(19)20-3/h6-8,11-12H,4-5,9-10H2,1-3H3. The number of halogens is 1. The van der Waals surface area contributed by atoms with Crippen LogP contribution in [0, 0.1) is 11.7 Å². The predicted octanol–water partition coefficient (Wildman–Crippen LogP) is 3.23. The normalized spacial score (nSPS) is 23.6. The van der Waals surface area contributed by atoms with E-state index in [2.05, 4.69) is 23.5 Å². The summed E-state index contributed by atoms with van der Waals surface area (Å²) in [5.74, 6) is -0.452. The van der Waals surface area contributed by atoms with Crippen molar-refractivity contribution in [2.24, 2.45) is 5.92 Å². The van der Waals surface area contributed by atoms with Gasteiger partial charge < -0.3 is 4.74 Å². The lowest BCUT2D eigenvalue weighted by Crippen LogP contribution is -2.40. The molecule has 1 saturated heterocycles. The Balaban J connectivity index is 2.10. The van der Waals surface area contributed by atoms with E-state index in [-0.39, 0.29) is 5.56 Å². The van der Waals surface area contributed by atoms with Crippen LogP contribution >= 0.6 is 0 Å². The van der Waals surface area contributed by atoms with E-state index in [1.54, 1.807) is 6.07 Å². The summed E-state index contributed by atoms with van der Waals surface area (Å²) in [6, 6.07) is 5.28. The Morgan fingerprint density at radius 3 is 2.80 bits per heavy atom. The lowest BCUT2D eigenvalue weighted by molar-refractivity contribution is 0.0595. The van der Waals surface area contributed by atoms with Gasteiger partial charge in [0.1, 0.15) is 5.82 Å².